The summed E-state index contributed by atoms with van der Waals surface area (Å²) in [5, 5.41) is 0. The van der Waals surface area contributed by atoms with Gasteiger partial charge in [0.15, 0.2) is 0 Å². The second kappa shape index (κ2) is 6.29. The molecule has 0 aromatic rings. The molecule has 0 atom stereocenters. The average Bonchev–Trinajstić information content (AvgIpc) is 1.94. The minimum atomic E-state index is -4.21. The maximum Gasteiger partial charge on any atom is 0.411 e. The van der Waals surface area contributed by atoms with Gasteiger partial charge < -0.3 is 4.74 Å². The Hall–Kier alpha value is -0.250. The lowest BCUT2D eigenvalue weighted by Crippen LogP contribution is -2.15. The molecule has 1 radical (unpaired) electrons. The minimum absolute atomic E-state index is 0.601. The lowest BCUT2D eigenvalue weighted by molar-refractivity contribution is -0.166. The van der Waals surface area contributed by atoms with E-state index in [1.165, 1.54) is 6.61 Å². The van der Waals surface area contributed by atoms with Gasteiger partial charge >= 0.3 is 6.18 Å². The van der Waals surface area contributed by atoms with Gasteiger partial charge in [-0.25, -0.2) is 0 Å². The van der Waals surface area contributed by atoms with Crippen LogP contribution < -0.4 is 0 Å². The smallest absolute Gasteiger partial charge is 0.366 e. The molecule has 0 fully saturated rings. The number of rotatable bonds is 6. The molecule has 0 aliphatic carbocycles. The van der Waals surface area contributed by atoms with Gasteiger partial charge in [0.1, 0.15) is 6.61 Å². The van der Waals surface area contributed by atoms with Crippen molar-refractivity contribution in [3.8, 4) is 0 Å². The van der Waals surface area contributed by atoms with Gasteiger partial charge in [0, 0.05) is 0 Å². The molecule has 4 heteroatoms. The Bertz CT molecular complexity index is 101. The molecule has 73 valence electrons. The summed E-state index contributed by atoms with van der Waals surface area (Å²) in [5.41, 5.74) is 0. The first-order valence-corrected chi connectivity index (χ1v) is 4.06. The van der Waals surface area contributed by atoms with Crippen LogP contribution in [-0.4, -0.2) is 12.8 Å². The summed E-state index contributed by atoms with van der Waals surface area (Å²) in [7, 11) is 0. The number of alkyl halides is 3. The van der Waals surface area contributed by atoms with E-state index in [0.29, 0.717) is 6.42 Å². The van der Waals surface area contributed by atoms with Crippen LogP contribution in [0, 0.1) is 6.61 Å². The van der Waals surface area contributed by atoms with Gasteiger partial charge in [0.05, 0.1) is 6.61 Å². The quantitative estimate of drug-likeness (QED) is 0.574. The third-order valence-corrected chi connectivity index (χ3v) is 1.29. The van der Waals surface area contributed by atoms with Crippen LogP contribution in [0.2, 0.25) is 0 Å². The van der Waals surface area contributed by atoms with Gasteiger partial charge in [-0.15, -0.1) is 0 Å². The molecule has 0 aliphatic heterocycles. The number of hydrogen-bond acceptors (Lipinski definition) is 1. The number of halogens is 3. The van der Waals surface area contributed by atoms with Crippen LogP contribution in [0.5, 0.6) is 0 Å². The van der Waals surface area contributed by atoms with Crippen molar-refractivity contribution in [2.24, 2.45) is 0 Å². The largest absolute Gasteiger partial charge is 0.411 e. The van der Waals surface area contributed by atoms with E-state index >= 15 is 0 Å². The Kier molecular flexibility index (Phi) is 6.16. The third-order valence-electron chi connectivity index (χ3n) is 1.29. The van der Waals surface area contributed by atoms with Crippen molar-refractivity contribution in [1.82, 2.24) is 0 Å². The van der Waals surface area contributed by atoms with Crippen molar-refractivity contribution in [1.29, 1.82) is 0 Å². The van der Waals surface area contributed by atoms with E-state index in [1.807, 2.05) is 6.92 Å². The fourth-order valence-corrected chi connectivity index (χ4v) is 0.714. The normalized spacial score (nSPS) is 12.0. The first kappa shape index (κ1) is 11.8. The van der Waals surface area contributed by atoms with E-state index in [2.05, 4.69) is 4.74 Å². The topological polar surface area (TPSA) is 9.23 Å². The van der Waals surface area contributed by atoms with Crippen molar-refractivity contribution >= 4 is 0 Å². The second-order valence-corrected chi connectivity index (χ2v) is 2.59. The van der Waals surface area contributed by atoms with Crippen molar-refractivity contribution in [2.45, 2.75) is 38.8 Å². The number of ether oxygens (including phenoxy) is 1. The van der Waals surface area contributed by atoms with Crippen LogP contribution in [0.25, 0.3) is 0 Å². The molecule has 0 aromatic heterocycles. The average molecular weight is 183 g/mol. The van der Waals surface area contributed by atoms with E-state index in [0.717, 1.165) is 19.3 Å². The fourth-order valence-electron chi connectivity index (χ4n) is 0.714. The molecule has 0 spiro atoms. The van der Waals surface area contributed by atoms with Crippen molar-refractivity contribution < 1.29 is 17.9 Å². The molecule has 0 heterocycles. The summed E-state index contributed by atoms with van der Waals surface area (Å²) < 4.78 is 38.8. The van der Waals surface area contributed by atoms with Crippen molar-refractivity contribution in [2.75, 3.05) is 6.61 Å². The molecule has 0 unspecified atom stereocenters. The van der Waals surface area contributed by atoms with E-state index in [-0.39, 0.29) is 0 Å². The maximum atomic E-state index is 11.5. The molecule has 12 heavy (non-hydrogen) atoms. The summed E-state index contributed by atoms with van der Waals surface area (Å²) in [5.74, 6) is 0. The highest BCUT2D eigenvalue weighted by Gasteiger charge is 2.27. The van der Waals surface area contributed by atoms with E-state index in [9.17, 15) is 13.2 Å². The molecule has 0 aromatic carbocycles. The van der Waals surface area contributed by atoms with Crippen LogP contribution in [0.3, 0.4) is 0 Å². The Balaban J connectivity index is 3.01. The van der Waals surface area contributed by atoms with Crippen molar-refractivity contribution in [3.63, 3.8) is 0 Å². The van der Waals surface area contributed by atoms with Gasteiger partial charge in [-0.2, -0.15) is 13.2 Å². The highest BCUT2D eigenvalue weighted by molar-refractivity contribution is 4.54. The van der Waals surface area contributed by atoms with Gasteiger partial charge in [-0.05, 0) is 6.42 Å². The Morgan fingerprint density at radius 2 is 1.92 bits per heavy atom. The standard InChI is InChI=1S/C8H14F3O/c1-2-3-4-5-6-12-7-8(9,10)11/h6H,2-5,7H2,1H3. The monoisotopic (exact) mass is 183 g/mol. The zero-order valence-corrected chi connectivity index (χ0v) is 7.16. The highest BCUT2D eigenvalue weighted by Crippen LogP contribution is 2.15. The molecule has 0 aliphatic rings. The van der Waals surface area contributed by atoms with Crippen LogP contribution in [0.15, 0.2) is 0 Å². The zero-order chi connectivity index (χ0) is 9.45. The van der Waals surface area contributed by atoms with Crippen LogP contribution in [0.4, 0.5) is 13.2 Å². The summed E-state index contributed by atoms with van der Waals surface area (Å²) in [6.45, 7) is 2.11. The summed E-state index contributed by atoms with van der Waals surface area (Å²) >= 11 is 0. The van der Waals surface area contributed by atoms with Crippen LogP contribution in [-0.2, 0) is 4.74 Å². The molecule has 0 saturated heterocycles. The molecule has 0 N–H and O–H groups in total. The molecule has 1 nitrogen and oxygen atoms in total. The van der Waals surface area contributed by atoms with Crippen LogP contribution in [0.1, 0.15) is 32.6 Å². The molecule has 0 saturated carbocycles. The molecular formula is C8H14F3O. The van der Waals surface area contributed by atoms with Gasteiger partial charge in [-0.3, -0.25) is 0 Å². The summed E-state index contributed by atoms with van der Waals surface area (Å²) in [4.78, 5) is 0. The first-order chi connectivity index (χ1) is 5.56. The Morgan fingerprint density at radius 1 is 1.25 bits per heavy atom. The number of unbranched alkanes of at least 4 members (excludes halogenated alkanes) is 3. The Morgan fingerprint density at radius 3 is 2.42 bits per heavy atom. The number of hydrogen-bond donors (Lipinski definition) is 0. The lowest BCUT2D eigenvalue weighted by atomic mass is 10.2. The van der Waals surface area contributed by atoms with Gasteiger partial charge in [-0.1, -0.05) is 26.2 Å². The maximum absolute atomic E-state index is 11.5. The van der Waals surface area contributed by atoms with Crippen LogP contribution >= 0.6 is 0 Å². The highest BCUT2D eigenvalue weighted by atomic mass is 19.4. The SMILES string of the molecule is CCCCC[CH]OCC(F)(F)F. The second-order valence-electron chi connectivity index (χ2n) is 2.59. The summed E-state index contributed by atoms with van der Waals surface area (Å²) in [6.07, 6.45) is -0.613. The lowest BCUT2D eigenvalue weighted by Gasteiger charge is -2.06. The van der Waals surface area contributed by atoms with Gasteiger partial charge in [0.2, 0.25) is 0 Å². The predicted octanol–water partition coefficient (Wildman–Crippen LogP) is 3.31. The van der Waals surface area contributed by atoms with E-state index in [1.54, 1.807) is 0 Å². The summed E-state index contributed by atoms with van der Waals surface area (Å²) in [6, 6.07) is 0. The first-order valence-electron chi connectivity index (χ1n) is 4.06. The third kappa shape index (κ3) is 9.75. The fraction of sp³-hybridized carbons (Fsp3) is 0.875. The molecule has 0 rings (SSSR count). The van der Waals surface area contributed by atoms with E-state index in [4.69, 9.17) is 0 Å². The predicted molar refractivity (Wildman–Crippen MR) is 40.4 cm³/mol. The van der Waals surface area contributed by atoms with Crippen molar-refractivity contribution in [3.05, 3.63) is 6.61 Å². The molecular weight excluding hydrogens is 169 g/mol. The minimum Gasteiger partial charge on any atom is -0.366 e. The zero-order valence-electron chi connectivity index (χ0n) is 7.16. The Labute approximate surface area is 70.9 Å². The molecule has 0 bridgehead atoms. The van der Waals surface area contributed by atoms with Gasteiger partial charge in [0.25, 0.3) is 0 Å². The molecule has 0 amide bonds. The van der Waals surface area contributed by atoms with E-state index < -0.39 is 12.8 Å².